The zero-order chi connectivity index (χ0) is 27.1. The van der Waals surface area contributed by atoms with E-state index in [4.69, 9.17) is 24.7 Å². The van der Waals surface area contributed by atoms with Crippen molar-refractivity contribution < 1.29 is 54.1 Å². The normalized spacial score (nSPS) is 26.6. The molecular formula is C22H43N3O11. The molecule has 1 heterocycles. The Morgan fingerprint density at radius 1 is 1.06 bits per heavy atom. The summed E-state index contributed by atoms with van der Waals surface area (Å²) in [7, 11) is 0. The second-order valence-electron chi connectivity index (χ2n) is 8.54. The van der Waals surface area contributed by atoms with Crippen LogP contribution >= 0.6 is 0 Å². The molecule has 1 saturated heterocycles. The van der Waals surface area contributed by atoms with E-state index in [0.717, 1.165) is 0 Å². The molecule has 1 aliphatic rings. The Morgan fingerprint density at radius 3 is 2.42 bits per heavy atom. The molecule has 2 amide bonds. The largest absolute Gasteiger partial charge is 0.447 e. The predicted octanol–water partition coefficient (Wildman–Crippen LogP) is -2.68. The quantitative estimate of drug-likeness (QED) is 0.0910. The van der Waals surface area contributed by atoms with E-state index in [1.807, 2.05) is 13.8 Å². The first-order valence-corrected chi connectivity index (χ1v) is 12.3. The van der Waals surface area contributed by atoms with Gasteiger partial charge >= 0.3 is 6.09 Å². The fourth-order valence-corrected chi connectivity index (χ4v) is 3.48. The van der Waals surface area contributed by atoms with Gasteiger partial charge in [-0.05, 0) is 12.8 Å². The summed E-state index contributed by atoms with van der Waals surface area (Å²) in [5.74, 6) is -0.361. The van der Waals surface area contributed by atoms with Gasteiger partial charge in [0.25, 0.3) is 0 Å². The molecule has 0 aromatic heterocycles. The summed E-state index contributed by atoms with van der Waals surface area (Å²) in [5, 5.41) is 56.5. The van der Waals surface area contributed by atoms with Crippen LogP contribution in [0, 0.1) is 0 Å². The standard InChI is InChI=1S/C22H43N3O11/c1-3-5-14(26)17(28)13(25-16(27)6-4-2)11-34-21-20(31)19(30)18(29)15(36-21)12-35-22(32)24-8-10-33-9-7-23/h13-15,17-21,26,28-31H,3-12,23H2,1-2H3,(H,24,32)(H,25,27)/t13-,14+,15?,17-,18-,19-,20?,21-/m0/s1. The Kier molecular flexibility index (Phi) is 16.0. The molecule has 9 N–H and O–H groups in total. The highest BCUT2D eigenvalue weighted by molar-refractivity contribution is 5.76. The molecule has 36 heavy (non-hydrogen) atoms. The minimum absolute atomic E-state index is 0.164. The number of aliphatic hydroxyl groups is 5. The molecule has 0 aliphatic carbocycles. The number of alkyl carbamates (subject to hydrolysis) is 1. The van der Waals surface area contributed by atoms with Gasteiger partial charge in [-0.15, -0.1) is 0 Å². The van der Waals surface area contributed by atoms with Gasteiger partial charge in [-0.2, -0.15) is 0 Å². The van der Waals surface area contributed by atoms with E-state index < -0.39 is 61.7 Å². The zero-order valence-electron chi connectivity index (χ0n) is 21.0. The van der Waals surface area contributed by atoms with E-state index >= 15 is 0 Å². The fraction of sp³-hybridized carbons (Fsp3) is 0.909. The Labute approximate surface area is 211 Å². The van der Waals surface area contributed by atoms with Gasteiger partial charge in [0.15, 0.2) is 6.29 Å². The molecule has 1 rings (SSSR count). The van der Waals surface area contributed by atoms with Crippen LogP contribution in [0.15, 0.2) is 0 Å². The smallest absolute Gasteiger partial charge is 0.407 e. The van der Waals surface area contributed by atoms with Crippen molar-refractivity contribution in [3.05, 3.63) is 0 Å². The molecule has 0 spiro atoms. The van der Waals surface area contributed by atoms with Gasteiger partial charge in [0.05, 0.1) is 32.0 Å². The summed E-state index contributed by atoms with van der Waals surface area (Å²) in [6.07, 6.45) is -9.32. The first kappa shape index (κ1) is 32.4. The van der Waals surface area contributed by atoms with Gasteiger partial charge in [0.1, 0.15) is 37.1 Å². The number of rotatable bonds is 17. The van der Waals surface area contributed by atoms with Crippen molar-refractivity contribution in [1.29, 1.82) is 0 Å². The lowest BCUT2D eigenvalue weighted by Gasteiger charge is -2.40. The van der Waals surface area contributed by atoms with Crippen LogP contribution in [0.1, 0.15) is 39.5 Å². The van der Waals surface area contributed by atoms with Crippen LogP contribution < -0.4 is 16.4 Å². The van der Waals surface area contributed by atoms with Crippen LogP contribution in [0.25, 0.3) is 0 Å². The van der Waals surface area contributed by atoms with Crippen molar-refractivity contribution in [2.24, 2.45) is 5.73 Å². The average molecular weight is 526 g/mol. The molecule has 14 nitrogen and oxygen atoms in total. The lowest BCUT2D eigenvalue weighted by molar-refractivity contribution is -0.302. The molecule has 8 atom stereocenters. The highest BCUT2D eigenvalue weighted by atomic mass is 16.7. The first-order chi connectivity index (χ1) is 17.2. The predicted molar refractivity (Wildman–Crippen MR) is 126 cm³/mol. The van der Waals surface area contributed by atoms with Crippen LogP contribution in [-0.4, -0.2) is 126 Å². The molecule has 1 fully saturated rings. The number of nitrogens with one attached hydrogen (secondary N) is 2. The third-order valence-corrected chi connectivity index (χ3v) is 5.48. The van der Waals surface area contributed by atoms with Gasteiger partial charge < -0.3 is 60.8 Å². The van der Waals surface area contributed by atoms with Crippen molar-refractivity contribution in [2.75, 3.05) is 39.5 Å². The lowest BCUT2D eigenvalue weighted by Crippen LogP contribution is -2.60. The van der Waals surface area contributed by atoms with Crippen LogP contribution in [0.4, 0.5) is 4.79 Å². The average Bonchev–Trinajstić information content (AvgIpc) is 2.85. The van der Waals surface area contributed by atoms with Crippen LogP contribution in [0.2, 0.25) is 0 Å². The Morgan fingerprint density at radius 2 is 1.78 bits per heavy atom. The molecular weight excluding hydrogens is 482 g/mol. The Hall–Kier alpha value is -1.62. The topological polar surface area (TPSA) is 222 Å². The molecule has 1 aliphatic heterocycles. The van der Waals surface area contributed by atoms with E-state index in [1.54, 1.807) is 0 Å². The number of hydrogen-bond acceptors (Lipinski definition) is 12. The van der Waals surface area contributed by atoms with Gasteiger partial charge in [-0.3, -0.25) is 4.79 Å². The number of ether oxygens (including phenoxy) is 4. The van der Waals surface area contributed by atoms with Gasteiger partial charge in [0, 0.05) is 19.5 Å². The molecule has 0 radical (unpaired) electrons. The first-order valence-electron chi connectivity index (χ1n) is 12.3. The van der Waals surface area contributed by atoms with Crippen molar-refractivity contribution >= 4 is 12.0 Å². The number of hydrogen-bond donors (Lipinski definition) is 8. The summed E-state index contributed by atoms with van der Waals surface area (Å²) in [4.78, 5) is 23.9. The molecule has 2 unspecified atom stereocenters. The third-order valence-electron chi connectivity index (χ3n) is 5.48. The van der Waals surface area contributed by atoms with Gasteiger partial charge in [0.2, 0.25) is 5.91 Å². The van der Waals surface area contributed by atoms with Gasteiger partial charge in [-0.25, -0.2) is 4.79 Å². The van der Waals surface area contributed by atoms with Crippen molar-refractivity contribution in [2.45, 2.75) is 88.5 Å². The summed E-state index contributed by atoms with van der Waals surface area (Å²) < 4.78 is 21.1. The van der Waals surface area contributed by atoms with E-state index in [-0.39, 0.29) is 38.5 Å². The van der Waals surface area contributed by atoms with Crippen LogP contribution in [0.5, 0.6) is 0 Å². The number of aliphatic hydroxyl groups excluding tert-OH is 5. The lowest BCUT2D eigenvalue weighted by atomic mass is 9.99. The summed E-state index contributed by atoms with van der Waals surface area (Å²) in [6.45, 7) is 3.88. The van der Waals surface area contributed by atoms with Crippen LogP contribution in [-0.2, 0) is 23.7 Å². The molecule has 0 bridgehead atoms. The Balaban J connectivity index is 2.70. The van der Waals surface area contributed by atoms with Crippen molar-refractivity contribution in [1.82, 2.24) is 10.6 Å². The SMILES string of the molecule is CCCC(=O)N[C@@H](CO[C@H]1OC(COC(=O)NCCOCCN)[C@H](O)[C@H](O)C1O)[C@H](O)[C@H](O)CCC. The van der Waals surface area contributed by atoms with E-state index in [0.29, 0.717) is 26.0 Å². The molecule has 0 aromatic rings. The van der Waals surface area contributed by atoms with Crippen molar-refractivity contribution in [3.8, 4) is 0 Å². The van der Waals surface area contributed by atoms with E-state index in [1.165, 1.54) is 0 Å². The number of nitrogens with two attached hydrogens (primary N) is 1. The molecule has 0 saturated carbocycles. The highest BCUT2D eigenvalue weighted by Crippen LogP contribution is 2.23. The summed E-state index contributed by atoms with van der Waals surface area (Å²) in [6, 6.07) is -1.03. The summed E-state index contributed by atoms with van der Waals surface area (Å²) >= 11 is 0. The minimum atomic E-state index is -1.69. The molecule has 0 aromatic carbocycles. The summed E-state index contributed by atoms with van der Waals surface area (Å²) in [5.41, 5.74) is 5.29. The van der Waals surface area contributed by atoms with Gasteiger partial charge in [-0.1, -0.05) is 20.3 Å². The second-order valence-corrected chi connectivity index (χ2v) is 8.54. The van der Waals surface area contributed by atoms with Crippen molar-refractivity contribution in [3.63, 3.8) is 0 Å². The van der Waals surface area contributed by atoms with E-state index in [9.17, 15) is 35.1 Å². The monoisotopic (exact) mass is 525 g/mol. The molecule has 212 valence electrons. The number of carbonyl (C=O) groups is 2. The minimum Gasteiger partial charge on any atom is -0.447 e. The molecule has 14 heteroatoms. The number of amides is 2. The fourth-order valence-electron chi connectivity index (χ4n) is 3.48. The van der Waals surface area contributed by atoms with E-state index in [2.05, 4.69) is 10.6 Å². The number of carbonyl (C=O) groups excluding carboxylic acids is 2. The zero-order valence-corrected chi connectivity index (χ0v) is 21.0. The maximum Gasteiger partial charge on any atom is 0.407 e. The third kappa shape index (κ3) is 11.2. The maximum atomic E-state index is 12.1. The highest BCUT2D eigenvalue weighted by Gasteiger charge is 2.45. The Bertz CT molecular complexity index is 630. The second kappa shape index (κ2) is 17.8. The maximum absolute atomic E-state index is 12.1. The van der Waals surface area contributed by atoms with Crippen LogP contribution in [0.3, 0.4) is 0 Å².